The number of benzene rings is 2. The van der Waals surface area contributed by atoms with Gasteiger partial charge in [-0.05, 0) is 24.3 Å². The smallest absolute Gasteiger partial charge is 0.0705 e. The molecule has 1 aliphatic heterocycles. The van der Waals surface area contributed by atoms with Crippen molar-refractivity contribution in [2.75, 3.05) is 37.6 Å². The van der Waals surface area contributed by atoms with E-state index >= 15 is 0 Å². The van der Waals surface area contributed by atoms with Crippen molar-refractivity contribution in [3.63, 3.8) is 0 Å². The molecule has 0 radical (unpaired) electrons. The summed E-state index contributed by atoms with van der Waals surface area (Å²) in [6.07, 6.45) is 0.997. The molecule has 25 heavy (non-hydrogen) atoms. The Morgan fingerprint density at radius 2 is 1.60 bits per heavy atom. The Morgan fingerprint density at radius 1 is 0.840 bits per heavy atom. The molecule has 0 bridgehead atoms. The summed E-state index contributed by atoms with van der Waals surface area (Å²) in [6, 6.07) is 20.7. The third kappa shape index (κ3) is 3.78. The number of rotatable bonds is 4. The first-order valence-corrected chi connectivity index (χ1v) is 9.24. The summed E-state index contributed by atoms with van der Waals surface area (Å²) in [6.45, 7) is 5.24. The van der Waals surface area contributed by atoms with Crippen LogP contribution in [0.1, 0.15) is 5.69 Å². The molecule has 0 saturated carbocycles. The van der Waals surface area contributed by atoms with E-state index in [4.69, 9.17) is 16.6 Å². The van der Waals surface area contributed by atoms with Crippen LogP contribution in [0.3, 0.4) is 0 Å². The third-order valence-electron chi connectivity index (χ3n) is 4.91. The molecule has 0 unspecified atom stereocenters. The summed E-state index contributed by atoms with van der Waals surface area (Å²) in [5.41, 5.74) is 3.41. The van der Waals surface area contributed by atoms with Gasteiger partial charge in [0.05, 0.1) is 16.2 Å². The lowest BCUT2D eigenvalue weighted by Crippen LogP contribution is -2.47. The molecule has 2 aromatic carbocycles. The van der Waals surface area contributed by atoms with Gasteiger partial charge >= 0.3 is 0 Å². The fraction of sp³-hybridized carbons (Fsp3) is 0.286. The highest BCUT2D eigenvalue weighted by atomic mass is 35.5. The Kier molecular flexibility index (Phi) is 4.86. The average Bonchev–Trinajstić information content (AvgIpc) is 2.67. The van der Waals surface area contributed by atoms with Crippen LogP contribution in [-0.4, -0.2) is 42.6 Å². The standard InChI is InChI=1S/C21H22ClN3/c22-19-6-2-4-8-21(19)25-15-13-24(14-16-25)12-11-18-10-9-17-5-1-3-7-20(17)23-18/h1-10H,11-16H2. The summed E-state index contributed by atoms with van der Waals surface area (Å²) in [5.74, 6) is 0. The number of piperazine rings is 1. The number of hydrogen-bond acceptors (Lipinski definition) is 3. The van der Waals surface area contributed by atoms with Crippen LogP contribution in [0.4, 0.5) is 5.69 Å². The van der Waals surface area contributed by atoms with Gasteiger partial charge in [-0.3, -0.25) is 9.88 Å². The van der Waals surface area contributed by atoms with Crippen LogP contribution in [-0.2, 0) is 6.42 Å². The van der Waals surface area contributed by atoms with Gasteiger partial charge in [-0.1, -0.05) is 48.0 Å². The lowest BCUT2D eigenvalue weighted by molar-refractivity contribution is 0.260. The van der Waals surface area contributed by atoms with Gasteiger partial charge in [-0.2, -0.15) is 0 Å². The van der Waals surface area contributed by atoms with E-state index in [9.17, 15) is 0 Å². The van der Waals surface area contributed by atoms with Gasteiger partial charge in [0.25, 0.3) is 0 Å². The molecule has 0 atom stereocenters. The molecular weight excluding hydrogens is 330 g/mol. The van der Waals surface area contributed by atoms with Crippen LogP contribution in [0.2, 0.25) is 5.02 Å². The number of anilines is 1. The number of fused-ring (bicyclic) bond motifs is 1. The topological polar surface area (TPSA) is 19.4 Å². The largest absolute Gasteiger partial charge is 0.368 e. The fourth-order valence-electron chi connectivity index (χ4n) is 3.44. The Labute approximate surface area is 153 Å². The Bertz CT molecular complexity index is 856. The molecule has 0 aliphatic carbocycles. The number of para-hydroxylation sites is 2. The first-order valence-electron chi connectivity index (χ1n) is 8.86. The highest BCUT2D eigenvalue weighted by molar-refractivity contribution is 6.33. The maximum absolute atomic E-state index is 6.32. The lowest BCUT2D eigenvalue weighted by atomic mass is 10.1. The van der Waals surface area contributed by atoms with Gasteiger partial charge in [0.1, 0.15) is 0 Å². The van der Waals surface area contributed by atoms with Crippen molar-refractivity contribution < 1.29 is 0 Å². The normalized spacial score (nSPS) is 15.6. The molecule has 4 rings (SSSR count). The van der Waals surface area contributed by atoms with Crippen molar-refractivity contribution in [1.29, 1.82) is 0 Å². The van der Waals surface area contributed by atoms with Crippen molar-refractivity contribution in [1.82, 2.24) is 9.88 Å². The second-order valence-corrected chi connectivity index (χ2v) is 6.93. The minimum Gasteiger partial charge on any atom is -0.368 e. The Morgan fingerprint density at radius 3 is 2.44 bits per heavy atom. The first-order chi connectivity index (χ1) is 12.3. The van der Waals surface area contributed by atoms with Crippen LogP contribution in [0.25, 0.3) is 10.9 Å². The maximum atomic E-state index is 6.32. The lowest BCUT2D eigenvalue weighted by Gasteiger charge is -2.36. The van der Waals surface area contributed by atoms with Gasteiger partial charge in [0, 0.05) is 50.2 Å². The Hall–Kier alpha value is -2.10. The van der Waals surface area contributed by atoms with Crippen molar-refractivity contribution in [3.8, 4) is 0 Å². The summed E-state index contributed by atoms with van der Waals surface area (Å²) in [5, 5.41) is 2.05. The van der Waals surface area contributed by atoms with E-state index in [2.05, 4.69) is 52.3 Å². The van der Waals surface area contributed by atoms with Crippen LogP contribution in [0, 0.1) is 0 Å². The number of halogens is 1. The van der Waals surface area contributed by atoms with Gasteiger partial charge < -0.3 is 4.90 Å². The Balaban J connectivity index is 1.33. The molecule has 3 nitrogen and oxygen atoms in total. The van der Waals surface area contributed by atoms with Crippen molar-refractivity contribution >= 4 is 28.2 Å². The van der Waals surface area contributed by atoms with Gasteiger partial charge in [-0.15, -0.1) is 0 Å². The second kappa shape index (κ2) is 7.42. The SMILES string of the molecule is Clc1ccccc1N1CCN(CCc2ccc3ccccc3n2)CC1. The van der Waals surface area contributed by atoms with E-state index in [0.29, 0.717) is 0 Å². The predicted molar refractivity (Wildman–Crippen MR) is 106 cm³/mol. The molecule has 1 aliphatic rings. The molecule has 1 aromatic heterocycles. The molecule has 128 valence electrons. The van der Waals surface area contributed by atoms with E-state index in [-0.39, 0.29) is 0 Å². The number of pyridine rings is 1. The molecule has 4 heteroatoms. The molecule has 2 heterocycles. The quantitative estimate of drug-likeness (QED) is 0.700. The van der Waals surface area contributed by atoms with Crippen molar-refractivity contribution in [2.45, 2.75) is 6.42 Å². The average molecular weight is 352 g/mol. The fourth-order valence-corrected chi connectivity index (χ4v) is 3.70. The monoisotopic (exact) mass is 351 g/mol. The van der Waals surface area contributed by atoms with E-state index in [1.54, 1.807) is 0 Å². The zero-order valence-corrected chi connectivity index (χ0v) is 15.0. The molecule has 0 N–H and O–H groups in total. The van der Waals surface area contributed by atoms with Crippen LogP contribution in [0.5, 0.6) is 0 Å². The highest BCUT2D eigenvalue weighted by Crippen LogP contribution is 2.26. The third-order valence-corrected chi connectivity index (χ3v) is 5.23. The van der Waals surface area contributed by atoms with E-state index in [1.807, 2.05) is 18.2 Å². The first kappa shape index (κ1) is 16.4. The summed E-state index contributed by atoms with van der Waals surface area (Å²) < 4.78 is 0. The van der Waals surface area contributed by atoms with Crippen LogP contribution in [0.15, 0.2) is 60.7 Å². The van der Waals surface area contributed by atoms with Crippen molar-refractivity contribution in [3.05, 3.63) is 71.4 Å². The van der Waals surface area contributed by atoms with Crippen LogP contribution < -0.4 is 4.90 Å². The number of nitrogens with zero attached hydrogens (tertiary/aromatic N) is 3. The molecule has 1 fully saturated rings. The van der Waals surface area contributed by atoms with Gasteiger partial charge in [0.2, 0.25) is 0 Å². The molecule has 3 aromatic rings. The number of hydrogen-bond donors (Lipinski definition) is 0. The van der Waals surface area contributed by atoms with E-state index < -0.39 is 0 Å². The molecule has 0 amide bonds. The number of aromatic nitrogens is 1. The highest BCUT2D eigenvalue weighted by Gasteiger charge is 2.18. The minimum absolute atomic E-state index is 0.844. The molecule has 1 saturated heterocycles. The van der Waals surface area contributed by atoms with Gasteiger partial charge in [0.15, 0.2) is 0 Å². The second-order valence-electron chi connectivity index (χ2n) is 6.53. The van der Waals surface area contributed by atoms with E-state index in [1.165, 1.54) is 11.1 Å². The maximum Gasteiger partial charge on any atom is 0.0705 e. The van der Waals surface area contributed by atoms with Gasteiger partial charge in [-0.25, -0.2) is 0 Å². The summed E-state index contributed by atoms with van der Waals surface area (Å²) >= 11 is 6.32. The molecular formula is C21H22ClN3. The van der Waals surface area contributed by atoms with Crippen LogP contribution >= 0.6 is 11.6 Å². The zero-order chi connectivity index (χ0) is 17.1. The van der Waals surface area contributed by atoms with E-state index in [0.717, 1.165) is 55.4 Å². The minimum atomic E-state index is 0.844. The van der Waals surface area contributed by atoms with Crippen molar-refractivity contribution in [2.24, 2.45) is 0 Å². The predicted octanol–water partition coefficient (Wildman–Crippen LogP) is 4.25. The summed E-state index contributed by atoms with van der Waals surface area (Å²) in [4.78, 5) is 9.68. The summed E-state index contributed by atoms with van der Waals surface area (Å²) in [7, 11) is 0. The zero-order valence-electron chi connectivity index (χ0n) is 14.2. The molecule has 0 spiro atoms.